The van der Waals surface area contributed by atoms with Crippen LogP contribution in [-0.2, 0) is 6.42 Å². The lowest BCUT2D eigenvalue weighted by molar-refractivity contribution is 0.104. The molecule has 150 valence electrons. The third-order valence-electron chi connectivity index (χ3n) is 4.00. The quantitative estimate of drug-likeness (QED) is 0.439. The van der Waals surface area contributed by atoms with Gasteiger partial charge >= 0.3 is 0 Å². The number of benzene rings is 2. The van der Waals surface area contributed by atoms with Gasteiger partial charge in [0.15, 0.2) is 5.78 Å². The minimum absolute atomic E-state index is 0.00359. The highest BCUT2D eigenvalue weighted by atomic mass is 16.5. The largest absolute Gasteiger partial charge is 0.508 e. The predicted molar refractivity (Wildman–Crippen MR) is 113 cm³/mol. The van der Waals surface area contributed by atoms with Crippen LogP contribution in [0.15, 0.2) is 42.5 Å². The SMILES string of the molecule is CCCc1cc(/C=C/C(=O)c2ccc(O)cc2)c(OC(C)C)cc1OC(C)C. The molecule has 0 aliphatic heterocycles. The molecule has 0 saturated heterocycles. The number of allylic oxidation sites excluding steroid dienone is 1. The summed E-state index contributed by atoms with van der Waals surface area (Å²) in [5, 5.41) is 9.38. The zero-order valence-electron chi connectivity index (χ0n) is 17.4. The van der Waals surface area contributed by atoms with E-state index in [9.17, 15) is 9.90 Å². The first-order valence-electron chi connectivity index (χ1n) is 9.81. The zero-order chi connectivity index (χ0) is 20.7. The Morgan fingerprint density at radius 1 is 1.00 bits per heavy atom. The summed E-state index contributed by atoms with van der Waals surface area (Å²) in [5.74, 6) is 1.53. The van der Waals surface area contributed by atoms with E-state index < -0.39 is 0 Å². The Balaban J connectivity index is 2.40. The molecule has 4 heteroatoms. The fourth-order valence-corrected chi connectivity index (χ4v) is 2.83. The van der Waals surface area contributed by atoms with E-state index in [0.717, 1.165) is 29.7 Å². The van der Waals surface area contributed by atoms with E-state index in [-0.39, 0.29) is 23.7 Å². The van der Waals surface area contributed by atoms with Crippen molar-refractivity contribution in [2.45, 2.75) is 59.7 Å². The van der Waals surface area contributed by atoms with Gasteiger partial charge in [-0.15, -0.1) is 0 Å². The van der Waals surface area contributed by atoms with Gasteiger partial charge in [-0.3, -0.25) is 4.79 Å². The summed E-state index contributed by atoms with van der Waals surface area (Å²) >= 11 is 0. The number of carbonyl (C=O) groups excluding carboxylic acids is 1. The number of aryl methyl sites for hydroxylation is 1. The molecule has 1 N–H and O–H groups in total. The van der Waals surface area contributed by atoms with Crippen molar-refractivity contribution in [1.29, 1.82) is 0 Å². The molecule has 0 amide bonds. The topological polar surface area (TPSA) is 55.8 Å². The summed E-state index contributed by atoms with van der Waals surface area (Å²) in [6, 6.07) is 10.2. The van der Waals surface area contributed by atoms with Gasteiger partial charge in [0.05, 0.1) is 12.2 Å². The van der Waals surface area contributed by atoms with E-state index in [4.69, 9.17) is 9.47 Å². The third-order valence-corrected chi connectivity index (χ3v) is 4.00. The molecule has 0 spiro atoms. The lowest BCUT2D eigenvalue weighted by Gasteiger charge is -2.19. The van der Waals surface area contributed by atoms with E-state index in [1.165, 1.54) is 18.2 Å². The molecule has 0 aliphatic carbocycles. The maximum absolute atomic E-state index is 12.5. The van der Waals surface area contributed by atoms with Crippen LogP contribution >= 0.6 is 0 Å². The summed E-state index contributed by atoms with van der Waals surface area (Å²) in [6.45, 7) is 10.1. The maximum Gasteiger partial charge on any atom is 0.185 e. The summed E-state index contributed by atoms with van der Waals surface area (Å²) < 4.78 is 12.0. The van der Waals surface area contributed by atoms with Gasteiger partial charge in [0.25, 0.3) is 0 Å². The Hall–Kier alpha value is -2.75. The maximum atomic E-state index is 12.5. The third kappa shape index (κ3) is 6.15. The Morgan fingerprint density at radius 2 is 1.61 bits per heavy atom. The molecular formula is C24H30O4. The van der Waals surface area contributed by atoms with Gasteiger partial charge in [-0.1, -0.05) is 13.3 Å². The Kier molecular flexibility index (Phi) is 7.68. The molecule has 28 heavy (non-hydrogen) atoms. The summed E-state index contributed by atoms with van der Waals surface area (Å²) in [7, 11) is 0. The summed E-state index contributed by atoms with van der Waals surface area (Å²) in [6.07, 6.45) is 5.27. The molecule has 0 aromatic heterocycles. The van der Waals surface area contributed by atoms with Gasteiger partial charge < -0.3 is 14.6 Å². The van der Waals surface area contributed by atoms with Crippen molar-refractivity contribution in [3.8, 4) is 17.2 Å². The molecule has 0 saturated carbocycles. The van der Waals surface area contributed by atoms with Crippen molar-refractivity contribution in [2.75, 3.05) is 0 Å². The van der Waals surface area contributed by atoms with Crippen LogP contribution in [0.25, 0.3) is 6.08 Å². The molecule has 0 atom stereocenters. The average Bonchev–Trinajstić information content (AvgIpc) is 2.62. The first-order valence-corrected chi connectivity index (χ1v) is 9.81. The van der Waals surface area contributed by atoms with Gasteiger partial charge in [-0.2, -0.15) is 0 Å². The van der Waals surface area contributed by atoms with Crippen molar-refractivity contribution in [2.24, 2.45) is 0 Å². The van der Waals surface area contributed by atoms with Gasteiger partial charge in [0.2, 0.25) is 0 Å². The second-order valence-electron chi connectivity index (χ2n) is 7.33. The standard InChI is InChI=1S/C24H30O4/c1-6-7-19-14-20(10-13-22(26)18-8-11-21(25)12-9-18)24(28-17(4)5)15-23(19)27-16(2)3/h8-17,25H,6-7H2,1-5H3/b13-10+. The number of hydrogen-bond acceptors (Lipinski definition) is 4. The van der Waals surface area contributed by atoms with Gasteiger partial charge in [-0.25, -0.2) is 0 Å². The summed E-state index contributed by atoms with van der Waals surface area (Å²) in [5.41, 5.74) is 2.47. The second-order valence-corrected chi connectivity index (χ2v) is 7.33. The monoisotopic (exact) mass is 382 g/mol. The van der Waals surface area contributed by atoms with Crippen LogP contribution in [0.1, 0.15) is 62.5 Å². The van der Waals surface area contributed by atoms with Crippen LogP contribution in [0.5, 0.6) is 17.2 Å². The number of rotatable bonds is 9. The average molecular weight is 383 g/mol. The Labute approximate surface area is 167 Å². The van der Waals surface area contributed by atoms with Crippen LogP contribution in [-0.4, -0.2) is 23.1 Å². The minimum Gasteiger partial charge on any atom is -0.508 e. The first-order chi connectivity index (χ1) is 13.3. The van der Waals surface area contributed by atoms with Gasteiger partial charge in [0.1, 0.15) is 17.2 Å². The number of carbonyl (C=O) groups is 1. The molecular weight excluding hydrogens is 352 g/mol. The lowest BCUT2D eigenvalue weighted by Crippen LogP contribution is -2.10. The zero-order valence-corrected chi connectivity index (χ0v) is 17.4. The van der Waals surface area contributed by atoms with E-state index in [2.05, 4.69) is 6.92 Å². The van der Waals surface area contributed by atoms with Crippen LogP contribution in [0, 0.1) is 0 Å². The van der Waals surface area contributed by atoms with E-state index in [0.29, 0.717) is 11.3 Å². The van der Waals surface area contributed by atoms with Crippen molar-refractivity contribution in [3.05, 3.63) is 59.2 Å². The lowest BCUT2D eigenvalue weighted by atomic mass is 10.0. The Bertz CT molecular complexity index is 817. The molecule has 0 unspecified atom stereocenters. The highest BCUT2D eigenvalue weighted by Gasteiger charge is 2.13. The highest BCUT2D eigenvalue weighted by molar-refractivity contribution is 6.07. The van der Waals surface area contributed by atoms with Crippen molar-refractivity contribution in [1.82, 2.24) is 0 Å². The molecule has 0 bridgehead atoms. The van der Waals surface area contributed by atoms with E-state index >= 15 is 0 Å². The number of phenolic OH excluding ortho intramolecular Hbond substituents is 1. The van der Waals surface area contributed by atoms with Crippen LogP contribution in [0.4, 0.5) is 0 Å². The van der Waals surface area contributed by atoms with E-state index in [1.54, 1.807) is 18.2 Å². The highest BCUT2D eigenvalue weighted by Crippen LogP contribution is 2.33. The smallest absolute Gasteiger partial charge is 0.185 e. The molecule has 2 rings (SSSR count). The molecule has 0 fully saturated rings. The molecule has 4 nitrogen and oxygen atoms in total. The fraction of sp³-hybridized carbons (Fsp3) is 0.375. The van der Waals surface area contributed by atoms with Crippen LogP contribution in [0.3, 0.4) is 0 Å². The molecule has 0 heterocycles. The summed E-state index contributed by atoms with van der Waals surface area (Å²) in [4.78, 5) is 12.5. The number of hydrogen-bond donors (Lipinski definition) is 1. The fourth-order valence-electron chi connectivity index (χ4n) is 2.83. The van der Waals surface area contributed by atoms with Gasteiger partial charge in [-0.05, 0) is 82.2 Å². The first kappa shape index (κ1) is 21.5. The van der Waals surface area contributed by atoms with E-state index in [1.807, 2.05) is 39.8 Å². The number of phenols is 1. The number of ketones is 1. The minimum atomic E-state index is -0.130. The predicted octanol–water partition coefficient (Wildman–Crippen LogP) is 5.82. The van der Waals surface area contributed by atoms with Crippen molar-refractivity contribution in [3.63, 3.8) is 0 Å². The normalized spacial score (nSPS) is 11.4. The van der Waals surface area contributed by atoms with Gasteiger partial charge in [0, 0.05) is 17.2 Å². The van der Waals surface area contributed by atoms with Crippen molar-refractivity contribution < 1.29 is 19.4 Å². The molecule has 2 aromatic rings. The van der Waals surface area contributed by atoms with Crippen LogP contribution < -0.4 is 9.47 Å². The number of ether oxygens (including phenoxy) is 2. The molecule has 0 radical (unpaired) electrons. The molecule has 0 aliphatic rings. The molecule has 2 aromatic carbocycles. The van der Waals surface area contributed by atoms with Crippen LogP contribution in [0.2, 0.25) is 0 Å². The number of aromatic hydroxyl groups is 1. The Morgan fingerprint density at radius 3 is 2.18 bits per heavy atom. The second kappa shape index (κ2) is 9.98. The van der Waals surface area contributed by atoms with Crippen molar-refractivity contribution >= 4 is 11.9 Å².